The van der Waals surface area contributed by atoms with Crippen molar-refractivity contribution < 1.29 is 14.3 Å². The highest BCUT2D eigenvalue weighted by Gasteiger charge is 2.33. The molecule has 7 heteroatoms. The fraction of sp³-hybridized carbons (Fsp3) is 0.458. The highest BCUT2D eigenvalue weighted by Crippen LogP contribution is 2.33. The van der Waals surface area contributed by atoms with Crippen molar-refractivity contribution in [2.24, 2.45) is 5.92 Å². The fourth-order valence-corrected chi connectivity index (χ4v) is 3.79. The van der Waals surface area contributed by atoms with Crippen molar-refractivity contribution in [2.75, 3.05) is 7.11 Å². The van der Waals surface area contributed by atoms with E-state index in [2.05, 4.69) is 13.8 Å². The smallest absolute Gasteiger partial charge is 0.339 e. The molecule has 166 valence electrons. The van der Waals surface area contributed by atoms with Gasteiger partial charge in [-0.25, -0.2) is 14.3 Å². The number of methoxy groups -OCH3 is 1. The van der Waals surface area contributed by atoms with Crippen LogP contribution >= 0.6 is 11.6 Å². The van der Waals surface area contributed by atoms with Crippen molar-refractivity contribution in [3.05, 3.63) is 52.3 Å². The summed E-state index contributed by atoms with van der Waals surface area (Å²) in [6, 6.07) is 9.49. The predicted molar refractivity (Wildman–Crippen MR) is 122 cm³/mol. The Balaban J connectivity index is 2.27. The molecule has 0 unspecified atom stereocenters. The normalized spacial score (nSPS) is 13.1. The van der Waals surface area contributed by atoms with Gasteiger partial charge in [0.1, 0.15) is 0 Å². The van der Waals surface area contributed by atoms with Gasteiger partial charge in [0.2, 0.25) is 0 Å². The molecule has 0 saturated carbocycles. The highest BCUT2D eigenvalue weighted by atomic mass is 35.5. The van der Waals surface area contributed by atoms with E-state index in [1.54, 1.807) is 0 Å². The minimum absolute atomic E-state index is 0.329. The number of aryl methyl sites for hydroxylation is 1. The highest BCUT2D eigenvalue weighted by molar-refractivity contribution is 6.30. The summed E-state index contributed by atoms with van der Waals surface area (Å²) in [5.74, 6) is -0.123. The molecule has 0 amide bonds. The van der Waals surface area contributed by atoms with Gasteiger partial charge in [-0.15, -0.1) is 0 Å². The Labute approximate surface area is 188 Å². The molecule has 0 saturated heterocycles. The molecule has 2 heterocycles. The Morgan fingerprint density at radius 1 is 1.23 bits per heavy atom. The van der Waals surface area contributed by atoms with Gasteiger partial charge in [-0.3, -0.25) is 0 Å². The van der Waals surface area contributed by atoms with Crippen LogP contribution in [0, 0.1) is 12.8 Å². The molecule has 3 aromatic rings. The second-order valence-corrected chi connectivity index (χ2v) is 9.54. The maximum atomic E-state index is 12.8. The number of hydrogen-bond acceptors (Lipinski definition) is 5. The Morgan fingerprint density at radius 3 is 2.52 bits per heavy atom. The standard InChI is InChI=1S/C24H30ClN3O3/c1-14(2)11-19-21(22(23(29)30-7)31-24(4,5)6)15(3)26-20-13-18(27-28(19)20)16-9-8-10-17(25)12-16/h8-10,12-14,22H,11H2,1-7H3/t22-/m0/s1. The van der Waals surface area contributed by atoms with Crippen molar-refractivity contribution in [2.45, 2.75) is 59.7 Å². The third-order valence-electron chi connectivity index (χ3n) is 4.80. The molecule has 6 nitrogen and oxygen atoms in total. The van der Waals surface area contributed by atoms with Crippen LogP contribution in [0.4, 0.5) is 0 Å². The number of rotatable bonds is 6. The van der Waals surface area contributed by atoms with Crippen molar-refractivity contribution in [1.29, 1.82) is 0 Å². The van der Waals surface area contributed by atoms with E-state index in [0.717, 1.165) is 22.6 Å². The van der Waals surface area contributed by atoms with Gasteiger partial charge in [-0.1, -0.05) is 37.6 Å². The van der Waals surface area contributed by atoms with Crippen molar-refractivity contribution >= 4 is 23.2 Å². The Morgan fingerprint density at radius 2 is 1.94 bits per heavy atom. The number of carbonyl (C=O) groups excluding carboxylic acids is 1. The van der Waals surface area contributed by atoms with E-state index in [4.69, 9.17) is 31.2 Å². The predicted octanol–water partition coefficient (Wildman–Crippen LogP) is 5.59. The van der Waals surface area contributed by atoms with Gasteiger partial charge < -0.3 is 9.47 Å². The lowest BCUT2D eigenvalue weighted by Crippen LogP contribution is -2.30. The van der Waals surface area contributed by atoms with Gasteiger partial charge >= 0.3 is 5.97 Å². The van der Waals surface area contributed by atoms with Gasteiger partial charge in [0, 0.05) is 27.9 Å². The van der Waals surface area contributed by atoms with Gasteiger partial charge in [0.25, 0.3) is 0 Å². The lowest BCUT2D eigenvalue weighted by Gasteiger charge is -2.28. The first-order valence-electron chi connectivity index (χ1n) is 10.4. The van der Waals surface area contributed by atoms with E-state index in [-0.39, 0.29) is 0 Å². The van der Waals surface area contributed by atoms with E-state index in [1.165, 1.54) is 7.11 Å². The number of nitrogens with zero attached hydrogens (tertiary/aromatic N) is 3. The van der Waals surface area contributed by atoms with Crippen molar-refractivity contribution in [1.82, 2.24) is 14.6 Å². The molecule has 0 N–H and O–H groups in total. The zero-order chi connectivity index (χ0) is 22.9. The number of hydrogen-bond donors (Lipinski definition) is 0. The van der Waals surface area contributed by atoms with Crippen LogP contribution in [0.1, 0.15) is 57.7 Å². The monoisotopic (exact) mass is 443 g/mol. The summed E-state index contributed by atoms with van der Waals surface area (Å²) in [7, 11) is 1.37. The average Bonchev–Trinajstić information content (AvgIpc) is 3.09. The van der Waals surface area contributed by atoms with Crippen LogP contribution in [0.25, 0.3) is 16.9 Å². The van der Waals surface area contributed by atoms with Crippen LogP contribution in [0.3, 0.4) is 0 Å². The first kappa shape index (κ1) is 23.2. The molecule has 1 atom stereocenters. The van der Waals surface area contributed by atoms with E-state index in [0.29, 0.717) is 28.6 Å². The largest absolute Gasteiger partial charge is 0.467 e. The van der Waals surface area contributed by atoms with Gasteiger partial charge in [0.05, 0.1) is 24.1 Å². The summed E-state index contributed by atoms with van der Waals surface area (Å²) in [6.45, 7) is 11.9. The third kappa shape index (κ3) is 5.25. The quantitative estimate of drug-likeness (QED) is 0.465. The number of carbonyl (C=O) groups is 1. The van der Waals surface area contributed by atoms with Gasteiger partial charge in [-0.2, -0.15) is 5.10 Å². The summed E-state index contributed by atoms with van der Waals surface area (Å²) in [5, 5.41) is 5.48. The first-order chi connectivity index (χ1) is 14.5. The number of halogens is 1. The lowest BCUT2D eigenvalue weighted by atomic mass is 9.97. The number of aromatic nitrogens is 3. The van der Waals surface area contributed by atoms with Crippen LogP contribution in [-0.4, -0.2) is 33.3 Å². The Bertz CT molecular complexity index is 1100. The molecule has 31 heavy (non-hydrogen) atoms. The molecule has 0 bridgehead atoms. The molecule has 1 aromatic carbocycles. The van der Waals surface area contributed by atoms with Crippen LogP contribution in [0.2, 0.25) is 5.02 Å². The summed E-state index contributed by atoms with van der Waals surface area (Å²) in [4.78, 5) is 17.5. The molecule has 0 fully saturated rings. The fourth-order valence-electron chi connectivity index (χ4n) is 3.60. The third-order valence-corrected chi connectivity index (χ3v) is 5.04. The van der Waals surface area contributed by atoms with Crippen LogP contribution in [0.5, 0.6) is 0 Å². The number of benzene rings is 1. The average molecular weight is 444 g/mol. The summed E-state index contributed by atoms with van der Waals surface area (Å²) in [5.41, 5.74) is 4.16. The molecule has 0 radical (unpaired) electrons. The molecule has 0 aliphatic rings. The van der Waals surface area contributed by atoms with E-state index in [9.17, 15) is 4.79 Å². The van der Waals surface area contributed by atoms with Crippen molar-refractivity contribution in [3.63, 3.8) is 0 Å². The van der Waals surface area contributed by atoms with Crippen molar-refractivity contribution in [3.8, 4) is 11.3 Å². The molecular weight excluding hydrogens is 414 g/mol. The van der Waals surface area contributed by atoms with E-state index < -0.39 is 17.7 Å². The second-order valence-electron chi connectivity index (χ2n) is 9.10. The molecule has 3 rings (SSSR count). The maximum Gasteiger partial charge on any atom is 0.339 e. The summed E-state index contributed by atoms with van der Waals surface area (Å²) in [6.07, 6.45) is -0.193. The molecule has 2 aromatic heterocycles. The maximum absolute atomic E-state index is 12.8. The lowest BCUT2D eigenvalue weighted by molar-refractivity contribution is -0.164. The number of ether oxygens (including phenoxy) is 2. The minimum Gasteiger partial charge on any atom is -0.467 e. The second kappa shape index (κ2) is 8.97. The first-order valence-corrected chi connectivity index (χ1v) is 10.8. The number of fused-ring (bicyclic) bond motifs is 1. The van der Waals surface area contributed by atoms with Crippen LogP contribution in [-0.2, 0) is 20.7 Å². The Hall–Kier alpha value is -2.44. The topological polar surface area (TPSA) is 65.7 Å². The summed E-state index contributed by atoms with van der Waals surface area (Å²) >= 11 is 6.18. The molecule has 0 spiro atoms. The van der Waals surface area contributed by atoms with Gasteiger partial charge in [0.15, 0.2) is 11.8 Å². The molecule has 0 aliphatic carbocycles. The van der Waals surface area contributed by atoms with E-state index >= 15 is 0 Å². The zero-order valence-corrected chi connectivity index (χ0v) is 19.9. The minimum atomic E-state index is -0.894. The molecular formula is C24H30ClN3O3. The van der Waals surface area contributed by atoms with E-state index in [1.807, 2.05) is 62.5 Å². The Kier molecular flexibility index (Phi) is 6.72. The van der Waals surface area contributed by atoms with Crippen LogP contribution < -0.4 is 0 Å². The SMILES string of the molecule is COC(=O)[C@@H](OC(C)(C)C)c1c(C)nc2cc(-c3cccc(Cl)c3)nn2c1CC(C)C. The van der Waals surface area contributed by atoms with Crippen LogP contribution in [0.15, 0.2) is 30.3 Å². The summed E-state index contributed by atoms with van der Waals surface area (Å²) < 4.78 is 13.1. The number of esters is 1. The molecule has 0 aliphatic heterocycles. The zero-order valence-electron chi connectivity index (χ0n) is 19.2. The van der Waals surface area contributed by atoms with Gasteiger partial charge in [-0.05, 0) is 52.2 Å².